The summed E-state index contributed by atoms with van der Waals surface area (Å²) >= 11 is 0. The maximum Gasteiger partial charge on any atom is 0.164 e. The molecular formula is C19H22O5. The average Bonchev–Trinajstić information content (AvgIpc) is 2.64. The van der Waals surface area contributed by atoms with Gasteiger partial charge in [0.15, 0.2) is 11.5 Å². The molecule has 0 saturated heterocycles. The van der Waals surface area contributed by atoms with Crippen molar-refractivity contribution in [2.75, 3.05) is 35.5 Å². The second-order valence-electron chi connectivity index (χ2n) is 4.93. The lowest BCUT2D eigenvalue weighted by Crippen LogP contribution is -1.94. The Morgan fingerprint density at radius 2 is 1.08 bits per heavy atom. The van der Waals surface area contributed by atoms with Crippen molar-refractivity contribution in [2.45, 2.75) is 0 Å². The zero-order valence-corrected chi connectivity index (χ0v) is 14.6. The Morgan fingerprint density at radius 1 is 0.542 bits per heavy atom. The summed E-state index contributed by atoms with van der Waals surface area (Å²) < 4.78 is 26.6. The lowest BCUT2D eigenvalue weighted by atomic mass is 10.1. The van der Waals surface area contributed by atoms with Crippen LogP contribution < -0.4 is 23.7 Å². The van der Waals surface area contributed by atoms with Crippen LogP contribution >= 0.6 is 0 Å². The van der Waals surface area contributed by atoms with E-state index in [4.69, 9.17) is 23.7 Å². The summed E-state index contributed by atoms with van der Waals surface area (Å²) in [6.07, 6.45) is 3.89. The van der Waals surface area contributed by atoms with Gasteiger partial charge in [0.25, 0.3) is 0 Å². The second kappa shape index (κ2) is 8.15. The van der Waals surface area contributed by atoms with Gasteiger partial charge in [-0.3, -0.25) is 0 Å². The molecule has 0 aliphatic rings. The summed E-state index contributed by atoms with van der Waals surface area (Å²) in [7, 11) is 8.06. The summed E-state index contributed by atoms with van der Waals surface area (Å²) in [6.45, 7) is 0. The molecule has 0 unspecified atom stereocenters. The van der Waals surface area contributed by atoms with Gasteiger partial charge in [0.2, 0.25) is 0 Å². The van der Waals surface area contributed by atoms with E-state index in [0.29, 0.717) is 17.2 Å². The van der Waals surface area contributed by atoms with Crippen molar-refractivity contribution < 1.29 is 23.7 Å². The van der Waals surface area contributed by atoms with Crippen LogP contribution in [0.2, 0.25) is 0 Å². The smallest absolute Gasteiger partial charge is 0.164 e. The molecule has 5 nitrogen and oxygen atoms in total. The molecule has 0 aromatic heterocycles. The van der Waals surface area contributed by atoms with Gasteiger partial charge in [-0.15, -0.1) is 0 Å². The van der Waals surface area contributed by atoms with Crippen LogP contribution in [0.3, 0.4) is 0 Å². The highest BCUT2D eigenvalue weighted by Gasteiger charge is 2.10. The van der Waals surface area contributed by atoms with Crippen molar-refractivity contribution in [1.82, 2.24) is 0 Å². The Balaban J connectivity index is 2.41. The van der Waals surface area contributed by atoms with Crippen molar-refractivity contribution in [3.8, 4) is 28.7 Å². The highest BCUT2D eigenvalue weighted by atomic mass is 16.5. The summed E-state index contributed by atoms with van der Waals surface area (Å²) in [5.74, 6) is 3.41. The van der Waals surface area contributed by atoms with Crippen LogP contribution in [-0.2, 0) is 0 Å². The molecule has 0 heterocycles. The Kier molecular flexibility index (Phi) is 5.95. The third kappa shape index (κ3) is 3.93. The van der Waals surface area contributed by atoms with Crippen LogP contribution in [0.1, 0.15) is 11.1 Å². The number of hydrogen-bond acceptors (Lipinski definition) is 5. The van der Waals surface area contributed by atoms with Crippen molar-refractivity contribution >= 4 is 12.2 Å². The highest BCUT2D eigenvalue weighted by molar-refractivity contribution is 5.75. The minimum atomic E-state index is 0.620. The van der Waals surface area contributed by atoms with E-state index in [-0.39, 0.29) is 0 Å². The summed E-state index contributed by atoms with van der Waals surface area (Å²) in [6, 6.07) is 9.34. The molecule has 5 heteroatoms. The number of rotatable bonds is 7. The molecule has 0 N–H and O–H groups in total. The molecule has 2 aromatic rings. The maximum absolute atomic E-state index is 5.43. The minimum absolute atomic E-state index is 0.620. The van der Waals surface area contributed by atoms with Gasteiger partial charge in [0.05, 0.1) is 35.5 Å². The molecule has 0 radical (unpaired) electrons. The van der Waals surface area contributed by atoms with Crippen LogP contribution in [0.15, 0.2) is 30.3 Å². The third-order valence-electron chi connectivity index (χ3n) is 3.57. The highest BCUT2D eigenvalue weighted by Crippen LogP contribution is 2.35. The predicted octanol–water partition coefficient (Wildman–Crippen LogP) is 3.90. The van der Waals surface area contributed by atoms with Gasteiger partial charge in [-0.1, -0.05) is 12.2 Å². The van der Waals surface area contributed by atoms with Gasteiger partial charge in [-0.2, -0.15) is 0 Å². The van der Waals surface area contributed by atoms with Gasteiger partial charge < -0.3 is 23.7 Å². The minimum Gasteiger partial charge on any atom is -0.497 e. The van der Waals surface area contributed by atoms with E-state index >= 15 is 0 Å². The second-order valence-corrected chi connectivity index (χ2v) is 4.93. The molecule has 0 aliphatic heterocycles. The van der Waals surface area contributed by atoms with Crippen molar-refractivity contribution in [1.29, 1.82) is 0 Å². The first-order valence-corrected chi connectivity index (χ1v) is 7.36. The zero-order chi connectivity index (χ0) is 17.5. The quantitative estimate of drug-likeness (QED) is 0.721. The SMILES string of the molecule is COc1cc(/C=C\c2cc(OC)c(OC)cc2OC)cc(OC)c1. The molecular weight excluding hydrogens is 308 g/mol. The maximum atomic E-state index is 5.43. The fourth-order valence-corrected chi connectivity index (χ4v) is 2.29. The standard InChI is InChI=1S/C19H22O5/c1-20-15-8-13(9-16(11-15)21-2)6-7-14-10-18(23-4)19(24-5)12-17(14)22-3/h6-12H,1-5H3/b7-6-. The van der Waals surface area contributed by atoms with E-state index in [2.05, 4.69) is 0 Å². The summed E-state index contributed by atoms with van der Waals surface area (Å²) in [4.78, 5) is 0. The predicted molar refractivity (Wildman–Crippen MR) is 94.6 cm³/mol. The van der Waals surface area contributed by atoms with Gasteiger partial charge in [-0.05, 0) is 23.8 Å². The topological polar surface area (TPSA) is 46.2 Å². The van der Waals surface area contributed by atoms with Crippen LogP contribution in [0.25, 0.3) is 12.2 Å². The van der Waals surface area contributed by atoms with Gasteiger partial charge >= 0.3 is 0 Å². The molecule has 0 spiro atoms. The Morgan fingerprint density at radius 3 is 1.58 bits per heavy atom. The number of ether oxygens (including phenoxy) is 5. The molecule has 0 saturated carbocycles. The molecule has 2 rings (SSSR count). The molecule has 0 atom stereocenters. The molecule has 0 amide bonds. The first kappa shape index (κ1) is 17.5. The number of methoxy groups -OCH3 is 5. The lowest BCUT2D eigenvalue weighted by Gasteiger charge is -2.12. The fraction of sp³-hybridized carbons (Fsp3) is 0.263. The van der Waals surface area contributed by atoms with Gasteiger partial charge in [0.1, 0.15) is 17.2 Å². The molecule has 24 heavy (non-hydrogen) atoms. The van der Waals surface area contributed by atoms with E-state index in [1.165, 1.54) is 0 Å². The van der Waals surface area contributed by atoms with E-state index in [1.807, 2.05) is 36.4 Å². The average molecular weight is 330 g/mol. The van der Waals surface area contributed by atoms with Crippen molar-refractivity contribution in [3.05, 3.63) is 41.5 Å². The molecule has 128 valence electrons. The first-order chi connectivity index (χ1) is 11.6. The lowest BCUT2D eigenvalue weighted by molar-refractivity contribution is 0.348. The molecule has 0 fully saturated rings. The summed E-state index contributed by atoms with van der Waals surface area (Å²) in [5, 5.41) is 0. The zero-order valence-electron chi connectivity index (χ0n) is 14.6. The van der Waals surface area contributed by atoms with Crippen LogP contribution in [0, 0.1) is 0 Å². The first-order valence-electron chi connectivity index (χ1n) is 7.36. The van der Waals surface area contributed by atoms with E-state index in [1.54, 1.807) is 41.6 Å². The van der Waals surface area contributed by atoms with Crippen molar-refractivity contribution in [2.24, 2.45) is 0 Å². The molecule has 0 aliphatic carbocycles. The number of hydrogen-bond donors (Lipinski definition) is 0. The Bertz CT molecular complexity index is 700. The van der Waals surface area contributed by atoms with Crippen LogP contribution in [0.4, 0.5) is 0 Å². The van der Waals surface area contributed by atoms with E-state index < -0.39 is 0 Å². The summed E-state index contributed by atoms with van der Waals surface area (Å²) in [5.41, 5.74) is 1.82. The normalized spacial score (nSPS) is 10.5. The fourth-order valence-electron chi connectivity index (χ4n) is 2.29. The Hall–Kier alpha value is -2.82. The largest absolute Gasteiger partial charge is 0.497 e. The molecule has 2 aromatic carbocycles. The van der Waals surface area contributed by atoms with Gasteiger partial charge in [0, 0.05) is 17.7 Å². The van der Waals surface area contributed by atoms with E-state index in [9.17, 15) is 0 Å². The van der Waals surface area contributed by atoms with Crippen LogP contribution in [-0.4, -0.2) is 35.5 Å². The van der Waals surface area contributed by atoms with Crippen molar-refractivity contribution in [3.63, 3.8) is 0 Å². The Labute approximate surface area is 142 Å². The van der Waals surface area contributed by atoms with Crippen LogP contribution in [0.5, 0.6) is 28.7 Å². The third-order valence-corrected chi connectivity index (χ3v) is 3.57. The number of benzene rings is 2. The van der Waals surface area contributed by atoms with E-state index in [0.717, 1.165) is 22.6 Å². The van der Waals surface area contributed by atoms with Gasteiger partial charge in [-0.25, -0.2) is 0 Å². The molecule has 0 bridgehead atoms. The monoisotopic (exact) mass is 330 g/mol.